The van der Waals surface area contributed by atoms with Gasteiger partial charge >= 0.3 is 0 Å². The molecule has 3 heteroatoms. The summed E-state index contributed by atoms with van der Waals surface area (Å²) in [5.41, 5.74) is 2.60. The van der Waals surface area contributed by atoms with Crippen LogP contribution in [0.15, 0.2) is 48.5 Å². The minimum Gasteiger partial charge on any atom is -0.322 e. The summed E-state index contributed by atoms with van der Waals surface area (Å²) in [4.78, 5) is 11.9. The number of carbonyl (C=O) groups excluding carboxylic acids is 1. The maximum absolute atomic E-state index is 11.9. The SMILES string of the molecule is Cc1cc(I)ccc1NC(=O)c1ccccc1. The first-order chi connectivity index (χ1) is 8.16. The van der Waals surface area contributed by atoms with E-state index in [2.05, 4.69) is 27.9 Å². The third-order valence-electron chi connectivity index (χ3n) is 2.47. The van der Waals surface area contributed by atoms with Gasteiger partial charge < -0.3 is 5.32 Å². The summed E-state index contributed by atoms with van der Waals surface area (Å²) in [6, 6.07) is 15.2. The van der Waals surface area contributed by atoms with E-state index in [-0.39, 0.29) is 5.91 Å². The third-order valence-corrected chi connectivity index (χ3v) is 3.14. The van der Waals surface area contributed by atoms with Crippen molar-refractivity contribution < 1.29 is 4.79 Å². The van der Waals surface area contributed by atoms with Crippen LogP contribution in [-0.2, 0) is 0 Å². The van der Waals surface area contributed by atoms with Gasteiger partial charge in [0, 0.05) is 14.8 Å². The largest absolute Gasteiger partial charge is 0.322 e. The zero-order chi connectivity index (χ0) is 12.3. The monoisotopic (exact) mass is 337 g/mol. The predicted molar refractivity (Wildman–Crippen MR) is 78.3 cm³/mol. The van der Waals surface area contributed by atoms with Crippen LogP contribution in [0.4, 0.5) is 5.69 Å². The summed E-state index contributed by atoms with van der Waals surface area (Å²) < 4.78 is 1.16. The zero-order valence-corrected chi connectivity index (χ0v) is 11.6. The first kappa shape index (κ1) is 12.1. The highest BCUT2D eigenvalue weighted by Gasteiger charge is 2.06. The number of carbonyl (C=O) groups is 1. The van der Waals surface area contributed by atoms with Gasteiger partial charge in [0.15, 0.2) is 0 Å². The minimum atomic E-state index is -0.0742. The van der Waals surface area contributed by atoms with Crippen LogP contribution >= 0.6 is 22.6 Å². The molecule has 0 heterocycles. The number of nitrogens with one attached hydrogen (secondary N) is 1. The van der Waals surface area contributed by atoms with Gasteiger partial charge in [0.2, 0.25) is 0 Å². The summed E-state index contributed by atoms with van der Waals surface area (Å²) in [6.45, 7) is 1.99. The van der Waals surface area contributed by atoms with E-state index in [4.69, 9.17) is 0 Å². The Hall–Kier alpha value is -1.36. The molecular weight excluding hydrogens is 325 g/mol. The summed E-state index contributed by atoms with van der Waals surface area (Å²) in [5.74, 6) is -0.0742. The van der Waals surface area contributed by atoms with Crippen LogP contribution in [-0.4, -0.2) is 5.91 Å². The van der Waals surface area contributed by atoms with Crippen LogP contribution in [0.5, 0.6) is 0 Å². The van der Waals surface area contributed by atoms with Crippen molar-refractivity contribution >= 4 is 34.2 Å². The molecule has 2 nitrogen and oxygen atoms in total. The molecule has 0 aliphatic rings. The maximum atomic E-state index is 11.9. The normalized spacial score (nSPS) is 10.0. The highest BCUT2D eigenvalue weighted by molar-refractivity contribution is 14.1. The number of benzene rings is 2. The van der Waals surface area contributed by atoms with Gasteiger partial charge in [-0.3, -0.25) is 4.79 Å². The highest BCUT2D eigenvalue weighted by Crippen LogP contribution is 2.18. The summed E-state index contributed by atoms with van der Waals surface area (Å²) in [5, 5.41) is 2.91. The van der Waals surface area contributed by atoms with Crippen molar-refractivity contribution in [3.63, 3.8) is 0 Å². The molecule has 0 atom stereocenters. The molecule has 0 aliphatic heterocycles. The van der Waals surface area contributed by atoms with E-state index in [0.717, 1.165) is 14.8 Å². The number of anilines is 1. The van der Waals surface area contributed by atoms with Crippen molar-refractivity contribution in [3.05, 3.63) is 63.2 Å². The Kier molecular flexibility index (Phi) is 3.78. The first-order valence-electron chi connectivity index (χ1n) is 5.29. The van der Waals surface area contributed by atoms with Gasteiger partial charge in [-0.2, -0.15) is 0 Å². The van der Waals surface area contributed by atoms with Crippen LogP contribution in [0.1, 0.15) is 15.9 Å². The van der Waals surface area contributed by atoms with Crippen molar-refractivity contribution in [3.8, 4) is 0 Å². The third kappa shape index (κ3) is 3.06. The molecule has 2 aromatic rings. The van der Waals surface area contributed by atoms with Crippen molar-refractivity contribution in [2.24, 2.45) is 0 Å². The molecule has 0 radical (unpaired) electrons. The van der Waals surface area contributed by atoms with Crippen molar-refractivity contribution in [1.82, 2.24) is 0 Å². The molecule has 0 fully saturated rings. The fourth-order valence-electron chi connectivity index (χ4n) is 1.55. The fraction of sp³-hybridized carbons (Fsp3) is 0.0714. The number of amides is 1. The van der Waals surface area contributed by atoms with E-state index in [0.29, 0.717) is 5.56 Å². The van der Waals surface area contributed by atoms with E-state index >= 15 is 0 Å². The second-order valence-electron chi connectivity index (χ2n) is 3.78. The number of aryl methyl sites for hydroxylation is 1. The Balaban J connectivity index is 2.19. The molecular formula is C14H12INO. The van der Waals surface area contributed by atoms with Crippen molar-refractivity contribution in [1.29, 1.82) is 0 Å². The van der Waals surface area contributed by atoms with Gasteiger partial charge in [0.05, 0.1) is 0 Å². The lowest BCUT2D eigenvalue weighted by molar-refractivity contribution is 0.102. The lowest BCUT2D eigenvalue weighted by atomic mass is 10.1. The van der Waals surface area contributed by atoms with Crippen LogP contribution in [0.2, 0.25) is 0 Å². The second kappa shape index (κ2) is 5.31. The Morgan fingerprint density at radius 3 is 2.47 bits per heavy atom. The van der Waals surface area contributed by atoms with E-state index in [1.165, 1.54) is 0 Å². The molecule has 2 aromatic carbocycles. The number of hydrogen-bond acceptors (Lipinski definition) is 1. The Morgan fingerprint density at radius 2 is 1.82 bits per heavy atom. The van der Waals surface area contributed by atoms with Gasteiger partial charge in [0.1, 0.15) is 0 Å². The van der Waals surface area contributed by atoms with Gasteiger partial charge in [-0.05, 0) is 65.4 Å². The Labute approximate surface area is 114 Å². The molecule has 1 N–H and O–H groups in total. The molecule has 86 valence electrons. The molecule has 0 aliphatic carbocycles. The molecule has 0 spiro atoms. The molecule has 0 bridgehead atoms. The Morgan fingerprint density at radius 1 is 1.12 bits per heavy atom. The smallest absolute Gasteiger partial charge is 0.255 e. The van der Waals surface area contributed by atoms with Crippen LogP contribution < -0.4 is 5.32 Å². The summed E-state index contributed by atoms with van der Waals surface area (Å²) in [7, 11) is 0. The quantitative estimate of drug-likeness (QED) is 0.829. The van der Waals surface area contributed by atoms with Crippen LogP contribution in [0.25, 0.3) is 0 Å². The molecule has 0 aromatic heterocycles. The molecule has 0 saturated heterocycles. The summed E-state index contributed by atoms with van der Waals surface area (Å²) in [6.07, 6.45) is 0. The Bertz CT molecular complexity index is 537. The molecule has 17 heavy (non-hydrogen) atoms. The average molecular weight is 337 g/mol. The van der Waals surface area contributed by atoms with Gasteiger partial charge in [-0.25, -0.2) is 0 Å². The van der Waals surface area contributed by atoms with Crippen LogP contribution in [0.3, 0.4) is 0 Å². The molecule has 0 saturated carbocycles. The first-order valence-corrected chi connectivity index (χ1v) is 6.37. The standard InChI is InChI=1S/C14H12INO/c1-10-9-12(15)7-8-13(10)16-14(17)11-5-3-2-4-6-11/h2-9H,1H3,(H,16,17). The van der Waals surface area contributed by atoms with Crippen molar-refractivity contribution in [2.45, 2.75) is 6.92 Å². The van der Waals surface area contributed by atoms with E-state index in [1.54, 1.807) is 12.1 Å². The average Bonchev–Trinajstić information content (AvgIpc) is 2.34. The fourth-order valence-corrected chi connectivity index (χ4v) is 2.20. The maximum Gasteiger partial charge on any atom is 0.255 e. The summed E-state index contributed by atoms with van der Waals surface area (Å²) >= 11 is 2.25. The number of rotatable bonds is 2. The van der Waals surface area contributed by atoms with Gasteiger partial charge in [0.25, 0.3) is 5.91 Å². The lowest BCUT2D eigenvalue weighted by Crippen LogP contribution is -2.12. The second-order valence-corrected chi connectivity index (χ2v) is 5.03. The molecule has 0 unspecified atom stereocenters. The topological polar surface area (TPSA) is 29.1 Å². The number of hydrogen-bond donors (Lipinski definition) is 1. The molecule has 2 rings (SSSR count). The van der Waals surface area contributed by atoms with Gasteiger partial charge in [-0.15, -0.1) is 0 Å². The number of halogens is 1. The van der Waals surface area contributed by atoms with E-state index in [1.807, 2.05) is 43.3 Å². The predicted octanol–water partition coefficient (Wildman–Crippen LogP) is 3.85. The van der Waals surface area contributed by atoms with Crippen LogP contribution in [0, 0.1) is 10.5 Å². The van der Waals surface area contributed by atoms with Crippen molar-refractivity contribution in [2.75, 3.05) is 5.32 Å². The van der Waals surface area contributed by atoms with E-state index in [9.17, 15) is 4.79 Å². The molecule has 1 amide bonds. The zero-order valence-electron chi connectivity index (χ0n) is 9.41. The highest BCUT2D eigenvalue weighted by atomic mass is 127. The lowest BCUT2D eigenvalue weighted by Gasteiger charge is -2.08. The van der Waals surface area contributed by atoms with Gasteiger partial charge in [-0.1, -0.05) is 18.2 Å². The minimum absolute atomic E-state index is 0.0742. The van der Waals surface area contributed by atoms with E-state index < -0.39 is 0 Å².